The fraction of sp³-hybridized carbons (Fsp3) is 0.538. The first kappa shape index (κ1) is 23.6. The maximum absolute atomic E-state index is 7.29. The zero-order valence-electron chi connectivity index (χ0n) is 18.5. The highest BCUT2D eigenvalue weighted by molar-refractivity contribution is 5.34. The third-order valence-corrected chi connectivity index (χ3v) is 5.65. The minimum atomic E-state index is -1.03. The molecule has 1 unspecified atom stereocenters. The van der Waals surface area contributed by atoms with Crippen molar-refractivity contribution in [2.45, 2.75) is 77.0 Å². The van der Waals surface area contributed by atoms with Gasteiger partial charge in [-0.25, -0.2) is 0 Å². The summed E-state index contributed by atoms with van der Waals surface area (Å²) in [7, 11) is 0. The quantitative estimate of drug-likeness (QED) is 0.292. The molecule has 2 rings (SSSR count). The third-order valence-electron chi connectivity index (χ3n) is 5.65. The fourth-order valence-electron chi connectivity index (χ4n) is 4.21. The van der Waals surface area contributed by atoms with Gasteiger partial charge in [0.05, 0.1) is 0 Å². The number of rotatable bonds is 14. The van der Waals surface area contributed by atoms with Crippen LogP contribution in [0.1, 0.15) is 76.8 Å². The maximum atomic E-state index is 7.29. The van der Waals surface area contributed by atoms with Crippen LogP contribution in [-0.4, -0.2) is 13.2 Å². The summed E-state index contributed by atoms with van der Waals surface area (Å²) in [6.07, 6.45) is 8.13. The minimum absolute atomic E-state index is 0.525. The van der Waals surface area contributed by atoms with Gasteiger partial charge in [0, 0.05) is 18.8 Å². The Balaban J connectivity index is 2.44. The molecule has 0 bridgehead atoms. The van der Waals surface area contributed by atoms with Crippen LogP contribution in [-0.2, 0) is 20.8 Å². The Hall–Kier alpha value is -1.68. The van der Waals surface area contributed by atoms with E-state index >= 15 is 0 Å². The van der Waals surface area contributed by atoms with Crippen LogP contribution in [0.25, 0.3) is 0 Å². The van der Waals surface area contributed by atoms with Gasteiger partial charge < -0.3 is 15.2 Å². The molecule has 3 nitrogen and oxygen atoms in total. The number of ether oxygens (including phenoxy) is 2. The number of unbranched alkanes of at least 4 members (excludes halogenated alkanes) is 5. The van der Waals surface area contributed by atoms with Crippen LogP contribution in [0.15, 0.2) is 60.7 Å². The van der Waals surface area contributed by atoms with Crippen molar-refractivity contribution in [3.8, 4) is 0 Å². The average molecular weight is 398 g/mol. The standard InChI is InChI=1S/C26H39NO2/c1-4-7-8-9-10-17-22-25(27,23-18-13-11-14-19-23)26(28-5-2,29-6-3)24-20-15-12-16-21-24/h11-16,18-21H,4-10,17,22,27H2,1-3H3. The molecule has 0 amide bonds. The maximum Gasteiger partial charge on any atom is 0.217 e. The Morgan fingerprint density at radius 2 is 1.14 bits per heavy atom. The Bertz CT molecular complexity index is 668. The molecule has 0 aromatic heterocycles. The van der Waals surface area contributed by atoms with E-state index in [-0.39, 0.29) is 0 Å². The van der Waals surface area contributed by atoms with Crippen molar-refractivity contribution in [2.24, 2.45) is 5.73 Å². The molecule has 0 spiro atoms. The average Bonchev–Trinajstić information content (AvgIpc) is 2.77. The number of nitrogens with two attached hydrogens (primary N) is 1. The first-order valence-corrected chi connectivity index (χ1v) is 11.3. The van der Waals surface area contributed by atoms with E-state index in [2.05, 4.69) is 31.2 Å². The van der Waals surface area contributed by atoms with Gasteiger partial charge in [-0.3, -0.25) is 0 Å². The van der Waals surface area contributed by atoms with Crippen LogP contribution >= 0.6 is 0 Å². The van der Waals surface area contributed by atoms with Gasteiger partial charge in [0.25, 0.3) is 0 Å². The van der Waals surface area contributed by atoms with E-state index in [1.165, 1.54) is 32.1 Å². The first-order valence-electron chi connectivity index (χ1n) is 11.3. The smallest absolute Gasteiger partial charge is 0.217 e. The third kappa shape index (κ3) is 5.69. The van der Waals surface area contributed by atoms with Crippen molar-refractivity contribution in [3.05, 3.63) is 71.8 Å². The van der Waals surface area contributed by atoms with Crippen LogP contribution < -0.4 is 5.73 Å². The fourth-order valence-corrected chi connectivity index (χ4v) is 4.21. The van der Waals surface area contributed by atoms with Gasteiger partial charge in [0.2, 0.25) is 5.79 Å². The second-order valence-electron chi connectivity index (χ2n) is 7.70. The second-order valence-corrected chi connectivity index (χ2v) is 7.70. The summed E-state index contributed by atoms with van der Waals surface area (Å²) >= 11 is 0. The van der Waals surface area contributed by atoms with E-state index in [0.29, 0.717) is 13.2 Å². The SMILES string of the molecule is CCCCCCCCC(N)(c1ccccc1)C(OCC)(OCC)c1ccccc1. The highest BCUT2D eigenvalue weighted by atomic mass is 16.7. The Morgan fingerprint density at radius 1 is 0.655 bits per heavy atom. The first-order chi connectivity index (χ1) is 14.1. The van der Waals surface area contributed by atoms with Gasteiger partial charge in [-0.2, -0.15) is 0 Å². The summed E-state index contributed by atoms with van der Waals surface area (Å²) in [5, 5.41) is 0. The second kappa shape index (κ2) is 12.1. The van der Waals surface area contributed by atoms with Crippen molar-refractivity contribution in [3.63, 3.8) is 0 Å². The lowest BCUT2D eigenvalue weighted by atomic mass is 9.75. The number of benzene rings is 2. The van der Waals surface area contributed by atoms with Crippen LogP contribution in [0.5, 0.6) is 0 Å². The molecule has 0 aliphatic rings. The molecule has 2 aromatic carbocycles. The number of hydrogen-bond donors (Lipinski definition) is 1. The normalized spacial score (nSPS) is 13.9. The molecule has 2 aromatic rings. The van der Waals surface area contributed by atoms with Gasteiger partial charge in [-0.1, -0.05) is 106 Å². The molecule has 0 heterocycles. The number of hydrogen-bond acceptors (Lipinski definition) is 3. The minimum Gasteiger partial charge on any atom is -0.344 e. The lowest BCUT2D eigenvalue weighted by Crippen LogP contribution is -2.59. The van der Waals surface area contributed by atoms with Crippen LogP contribution in [0.4, 0.5) is 0 Å². The Kier molecular flexibility index (Phi) is 9.86. The van der Waals surface area contributed by atoms with E-state index in [4.69, 9.17) is 15.2 Å². The predicted octanol–water partition coefficient (Wildman–Crippen LogP) is 6.52. The van der Waals surface area contributed by atoms with Crippen LogP contribution in [0.2, 0.25) is 0 Å². The summed E-state index contributed by atoms with van der Waals surface area (Å²) in [5.74, 6) is -1.03. The van der Waals surface area contributed by atoms with Gasteiger partial charge in [0.15, 0.2) is 0 Å². The van der Waals surface area contributed by atoms with Crippen LogP contribution in [0.3, 0.4) is 0 Å². The molecule has 160 valence electrons. The molecule has 3 heteroatoms. The van der Waals surface area contributed by atoms with Gasteiger partial charge in [0.1, 0.15) is 5.54 Å². The van der Waals surface area contributed by atoms with E-state index in [9.17, 15) is 0 Å². The Morgan fingerprint density at radius 3 is 1.66 bits per heavy atom. The molecule has 29 heavy (non-hydrogen) atoms. The topological polar surface area (TPSA) is 44.5 Å². The molecule has 0 radical (unpaired) electrons. The zero-order chi connectivity index (χ0) is 21.0. The Labute approximate surface area is 177 Å². The monoisotopic (exact) mass is 397 g/mol. The molecule has 0 fully saturated rings. The molecule has 0 aliphatic carbocycles. The summed E-state index contributed by atoms with van der Waals surface area (Å²) in [6.45, 7) is 7.31. The highest BCUT2D eigenvalue weighted by Crippen LogP contribution is 2.46. The molecule has 0 saturated carbocycles. The summed E-state index contributed by atoms with van der Waals surface area (Å²) in [5.41, 5.74) is 8.54. The van der Waals surface area contributed by atoms with Gasteiger partial charge in [-0.15, -0.1) is 0 Å². The van der Waals surface area contributed by atoms with Crippen molar-refractivity contribution >= 4 is 0 Å². The summed E-state index contributed by atoms with van der Waals surface area (Å²) < 4.78 is 12.8. The van der Waals surface area contributed by atoms with Crippen molar-refractivity contribution in [1.82, 2.24) is 0 Å². The van der Waals surface area contributed by atoms with E-state index in [0.717, 1.165) is 24.0 Å². The highest BCUT2D eigenvalue weighted by Gasteiger charge is 2.53. The van der Waals surface area contributed by atoms with Gasteiger partial charge in [-0.05, 0) is 25.8 Å². The lowest BCUT2D eigenvalue weighted by Gasteiger charge is -2.48. The van der Waals surface area contributed by atoms with E-state index in [1.54, 1.807) is 0 Å². The van der Waals surface area contributed by atoms with Gasteiger partial charge >= 0.3 is 0 Å². The molecule has 0 aliphatic heterocycles. The molecule has 1 atom stereocenters. The van der Waals surface area contributed by atoms with Crippen molar-refractivity contribution < 1.29 is 9.47 Å². The summed E-state index contributed by atoms with van der Waals surface area (Å²) in [6, 6.07) is 20.5. The predicted molar refractivity (Wildman–Crippen MR) is 122 cm³/mol. The van der Waals surface area contributed by atoms with Crippen molar-refractivity contribution in [2.75, 3.05) is 13.2 Å². The summed E-state index contributed by atoms with van der Waals surface area (Å²) in [4.78, 5) is 0. The van der Waals surface area contributed by atoms with Crippen LogP contribution in [0, 0.1) is 0 Å². The van der Waals surface area contributed by atoms with Crippen molar-refractivity contribution in [1.29, 1.82) is 0 Å². The molecular weight excluding hydrogens is 358 g/mol. The lowest BCUT2D eigenvalue weighted by molar-refractivity contribution is -0.286. The molecule has 0 saturated heterocycles. The largest absolute Gasteiger partial charge is 0.344 e. The molecule has 2 N–H and O–H groups in total. The van der Waals surface area contributed by atoms with E-state index < -0.39 is 11.3 Å². The van der Waals surface area contributed by atoms with E-state index in [1.807, 2.05) is 50.2 Å². The molecular formula is C26H39NO2. The zero-order valence-corrected chi connectivity index (χ0v) is 18.5.